The number of phenolic OH excluding ortho intramolecular Hbond substituents is 1. The lowest BCUT2D eigenvalue weighted by atomic mass is 9.77. The second-order valence-corrected chi connectivity index (χ2v) is 7.95. The molecule has 0 bridgehead atoms. The Morgan fingerprint density at radius 1 is 1.32 bits per heavy atom. The van der Waals surface area contributed by atoms with Crippen LogP contribution in [0.5, 0.6) is 11.5 Å². The Morgan fingerprint density at radius 3 is 2.92 bits per heavy atom. The summed E-state index contributed by atoms with van der Waals surface area (Å²) in [6.45, 7) is 1.73. The van der Waals surface area contributed by atoms with E-state index in [0.717, 1.165) is 36.3 Å². The van der Waals surface area contributed by atoms with Crippen molar-refractivity contribution in [2.24, 2.45) is 5.73 Å². The number of methoxy groups -OCH3 is 1. The molecule has 132 valence electrons. The molecule has 5 heteroatoms. The number of nitrogens with zero attached hydrogens (tertiary/aromatic N) is 1. The summed E-state index contributed by atoms with van der Waals surface area (Å²) in [5, 5.41) is 10.8. The van der Waals surface area contributed by atoms with Gasteiger partial charge in [0.1, 0.15) is 0 Å². The quantitative estimate of drug-likeness (QED) is 0.824. The molecule has 4 rings (SSSR count). The molecule has 0 fully saturated rings. The second-order valence-electron chi connectivity index (χ2n) is 6.78. The van der Waals surface area contributed by atoms with Crippen molar-refractivity contribution in [1.82, 2.24) is 4.90 Å². The summed E-state index contributed by atoms with van der Waals surface area (Å²) >= 11 is 1.79. The lowest BCUT2D eigenvalue weighted by Crippen LogP contribution is -2.35. The Labute approximate surface area is 153 Å². The van der Waals surface area contributed by atoms with Crippen molar-refractivity contribution in [1.29, 1.82) is 0 Å². The van der Waals surface area contributed by atoms with Gasteiger partial charge in [0.15, 0.2) is 11.5 Å². The van der Waals surface area contributed by atoms with Crippen molar-refractivity contribution in [2.75, 3.05) is 33.0 Å². The molecule has 1 aliphatic carbocycles. The van der Waals surface area contributed by atoms with Gasteiger partial charge in [0, 0.05) is 35.3 Å². The van der Waals surface area contributed by atoms with Gasteiger partial charge in [-0.05, 0) is 60.3 Å². The van der Waals surface area contributed by atoms with E-state index >= 15 is 0 Å². The molecule has 1 aliphatic heterocycles. The van der Waals surface area contributed by atoms with Crippen LogP contribution in [0.15, 0.2) is 29.2 Å². The second kappa shape index (κ2) is 6.56. The zero-order chi connectivity index (χ0) is 17.6. The zero-order valence-electron chi connectivity index (χ0n) is 14.7. The predicted molar refractivity (Wildman–Crippen MR) is 103 cm³/mol. The summed E-state index contributed by atoms with van der Waals surface area (Å²) < 4.78 is 5.36. The number of fused-ring (bicyclic) bond motifs is 2. The number of phenols is 1. The molecule has 1 heterocycles. The fourth-order valence-corrected chi connectivity index (χ4v) is 4.92. The van der Waals surface area contributed by atoms with E-state index in [-0.39, 0.29) is 5.75 Å². The summed E-state index contributed by atoms with van der Waals surface area (Å²) in [5.74, 6) is 1.70. The molecule has 3 N–H and O–H groups in total. The first kappa shape index (κ1) is 16.8. The Hall–Kier alpha value is -1.69. The summed E-state index contributed by atoms with van der Waals surface area (Å²) in [4.78, 5) is 3.67. The van der Waals surface area contributed by atoms with Gasteiger partial charge in [0.05, 0.1) is 7.11 Å². The van der Waals surface area contributed by atoms with Crippen LogP contribution in [0.2, 0.25) is 0 Å². The fourth-order valence-electron chi connectivity index (χ4n) is 4.14. The molecule has 0 saturated heterocycles. The van der Waals surface area contributed by atoms with Crippen LogP contribution in [0.3, 0.4) is 0 Å². The Balaban J connectivity index is 1.95. The van der Waals surface area contributed by atoms with Gasteiger partial charge in [0.25, 0.3) is 0 Å². The number of likely N-dealkylation sites (N-methyl/N-ethyl adjacent to an activating group) is 1. The number of thioether (sulfide) groups is 1. The van der Waals surface area contributed by atoms with Crippen LogP contribution >= 0.6 is 11.8 Å². The topological polar surface area (TPSA) is 58.7 Å². The molecule has 4 nitrogen and oxygen atoms in total. The van der Waals surface area contributed by atoms with Crippen LogP contribution in [-0.2, 0) is 12.8 Å². The SMILES string of the molecule is COc1ccc2c(c1O)-c1cc(SCCN)cc3c1[C@@H](C2)N(C)CC3. The van der Waals surface area contributed by atoms with Crippen LogP contribution in [0.25, 0.3) is 11.1 Å². The highest BCUT2D eigenvalue weighted by atomic mass is 32.2. The first-order valence-corrected chi connectivity index (χ1v) is 9.71. The Kier molecular flexibility index (Phi) is 4.40. The maximum absolute atomic E-state index is 10.8. The summed E-state index contributed by atoms with van der Waals surface area (Å²) in [7, 11) is 3.80. The van der Waals surface area contributed by atoms with Gasteiger partial charge in [-0.25, -0.2) is 0 Å². The van der Waals surface area contributed by atoms with E-state index in [2.05, 4.69) is 30.1 Å². The molecule has 1 atom stereocenters. The van der Waals surface area contributed by atoms with Crippen molar-refractivity contribution in [3.05, 3.63) is 41.0 Å². The smallest absolute Gasteiger partial charge is 0.165 e. The highest BCUT2D eigenvalue weighted by Gasteiger charge is 2.34. The molecule has 2 aliphatic rings. The summed E-state index contributed by atoms with van der Waals surface area (Å²) in [6, 6.07) is 8.89. The lowest BCUT2D eigenvalue weighted by molar-refractivity contribution is 0.227. The van der Waals surface area contributed by atoms with Crippen LogP contribution in [0.1, 0.15) is 22.7 Å². The van der Waals surface area contributed by atoms with E-state index in [1.807, 2.05) is 6.07 Å². The van der Waals surface area contributed by atoms with E-state index in [4.69, 9.17) is 10.5 Å². The Bertz CT molecular complexity index is 822. The number of aromatic hydroxyl groups is 1. The van der Waals surface area contributed by atoms with Crippen molar-refractivity contribution < 1.29 is 9.84 Å². The third kappa shape index (κ3) is 2.71. The van der Waals surface area contributed by atoms with E-state index in [1.165, 1.54) is 21.6 Å². The van der Waals surface area contributed by atoms with Crippen LogP contribution in [-0.4, -0.2) is 43.0 Å². The third-order valence-electron chi connectivity index (χ3n) is 5.35. The van der Waals surface area contributed by atoms with Crippen molar-refractivity contribution >= 4 is 11.8 Å². The third-order valence-corrected chi connectivity index (χ3v) is 6.36. The first-order valence-electron chi connectivity index (χ1n) is 8.73. The highest BCUT2D eigenvalue weighted by molar-refractivity contribution is 7.99. The molecule has 2 aromatic carbocycles. The predicted octanol–water partition coefficient (Wildman–Crippen LogP) is 3.20. The largest absolute Gasteiger partial charge is 0.504 e. The standard InChI is InChI=1S/C20H24N2O2S/c1-22-7-5-13-9-14(25-8-6-21)11-15-18(13)16(22)10-12-3-4-17(24-2)20(23)19(12)15/h3-4,9,11,16,23H,5-8,10,21H2,1-2H3/t16-/m1/s1. The number of rotatable bonds is 4. The van der Waals surface area contributed by atoms with E-state index in [0.29, 0.717) is 18.3 Å². The molecule has 25 heavy (non-hydrogen) atoms. The normalized spacial score (nSPS) is 18.6. The van der Waals surface area contributed by atoms with Gasteiger partial charge in [-0.15, -0.1) is 11.8 Å². The van der Waals surface area contributed by atoms with Crippen molar-refractivity contribution in [3.8, 4) is 22.6 Å². The van der Waals surface area contributed by atoms with Crippen LogP contribution in [0.4, 0.5) is 0 Å². The van der Waals surface area contributed by atoms with E-state index in [9.17, 15) is 5.11 Å². The maximum atomic E-state index is 10.8. The number of hydrogen-bond acceptors (Lipinski definition) is 5. The molecule has 0 saturated carbocycles. The summed E-state index contributed by atoms with van der Waals surface area (Å²) in [6.07, 6.45) is 1.98. The van der Waals surface area contributed by atoms with Gasteiger partial charge in [-0.1, -0.05) is 6.07 Å². The van der Waals surface area contributed by atoms with Gasteiger partial charge in [-0.3, -0.25) is 4.90 Å². The molecule has 0 amide bonds. The average molecular weight is 356 g/mol. The minimum absolute atomic E-state index is 0.259. The van der Waals surface area contributed by atoms with Crippen LogP contribution in [0, 0.1) is 0 Å². The molecular formula is C20H24N2O2S. The van der Waals surface area contributed by atoms with Gasteiger partial charge in [-0.2, -0.15) is 0 Å². The lowest BCUT2D eigenvalue weighted by Gasteiger charge is -2.40. The molecule has 0 spiro atoms. The number of hydrogen-bond donors (Lipinski definition) is 2. The highest BCUT2D eigenvalue weighted by Crippen LogP contribution is 2.51. The van der Waals surface area contributed by atoms with Crippen molar-refractivity contribution in [2.45, 2.75) is 23.8 Å². The van der Waals surface area contributed by atoms with Crippen LogP contribution < -0.4 is 10.5 Å². The minimum atomic E-state index is 0.259. The molecular weight excluding hydrogens is 332 g/mol. The monoisotopic (exact) mass is 356 g/mol. The molecule has 0 unspecified atom stereocenters. The fraction of sp³-hybridized carbons (Fsp3) is 0.400. The van der Waals surface area contributed by atoms with Gasteiger partial charge in [0.2, 0.25) is 0 Å². The molecule has 0 radical (unpaired) electrons. The minimum Gasteiger partial charge on any atom is -0.504 e. The summed E-state index contributed by atoms with van der Waals surface area (Å²) in [5.41, 5.74) is 11.8. The first-order chi connectivity index (χ1) is 12.1. The zero-order valence-corrected chi connectivity index (χ0v) is 15.5. The van der Waals surface area contributed by atoms with Gasteiger partial charge >= 0.3 is 0 Å². The number of benzene rings is 2. The number of ether oxygens (including phenoxy) is 1. The maximum Gasteiger partial charge on any atom is 0.165 e. The molecule has 2 aromatic rings. The van der Waals surface area contributed by atoms with E-state index in [1.54, 1.807) is 18.9 Å². The number of nitrogens with two attached hydrogens (primary N) is 1. The molecule has 0 aromatic heterocycles. The average Bonchev–Trinajstić information content (AvgIpc) is 2.62. The Morgan fingerprint density at radius 2 is 2.16 bits per heavy atom. The van der Waals surface area contributed by atoms with Crippen molar-refractivity contribution in [3.63, 3.8) is 0 Å². The van der Waals surface area contributed by atoms with E-state index < -0.39 is 0 Å². The van der Waals surface area contributed by atoms with Gasteiger partial charge < -0.3 is 15.6 Å².